The number of rotatable bonds is 2. The smallest absolute Gasteiger partial charge is 0.256 e. The molecule has 4 aliphatic rings. The highest BCUT2D eigenvalue weighted by Gasteiger charge is 2.52. The fraction of sp³-hybridized carbons (Fsp3) is 0.393. The van der Waals surface area contributed by atoms with E-state index in [9.17, 15) is 4.79 Å². The normalized spacial score (nSPS) is 31.7. The van der Waals surface area contributed by atoms with Gasteiger partial charge in [-0.05, 0) is 90.2 Å². The maximum Gasteiger partial charge on any atom is 0.256 e. The highest BCUT2D eigenvalue weighted by molar-refractivity contribution is 6.36. The fourth-order valence-corrected chi connectivity index (χ4v) is 7.49. The maximum atomic E-state index is 12.5. The van der Waals surface area contributed by atoms with Crippen LogP contribution >= 0.6 is 11.6 Å². The Morgan fingerprint density at radius 3 is 2.78 bits per heavy atom. The number of methoxy groups -OCH3 is 1. The molecule has 1 fully saturated rings. The van der Waals surface area contributed by atoms with Crippen molar-refractivity contribution in [1.82, 2.24) is 5.32 Å². The van der Waals surface area contributed by atoms with Crippen LogP contribution in [0.3, 0.4) is 0 Å². The summed E-state index contributed by atoms with van der Waals surface area (Å²) in [6, 6.07) is 14.4. The monoisotopic (exact) mass is 445 g/mol. The van der Waals surface area contributed by atoms with Gasteiger partial charge in [-0.3, -0.25) is 4.79 Å². The third kappa shape index (κ3) is 2.76. The first-order chi connectivity index (χ1) is 15.5. The lowest BCUT2D eigenvalue weighted by molar-refractivity contribution is 0.0771. The van der Waals surface area contributed by atoms with Crippen LogP contribution in [0.15, 0.2) is 59.1 Å². The minimum Gasteiger partial charge on any atom is -0.497 e. The standard InChI is InChI=1S/C28H28ClNO2/c1-28-14-13-19-18-10-8-17(32-2)15-16(18)7-9-20(19)23(28)11-12-24(28)25(29)26-21-5-3-4-6-22(21)27(31)30-26/h3-6,8,10,12,15,19-20,23H,7,9,11,13-14H2,1-2H3,(H,30,31)/b26-25-/t19-,20-,23+,28+/m1/s1. The lowest BCUT2D eigenvalue weighted by Gasteiger charge is -2.50. The highest BCUT2D eigenvalue weighted by Crippen LogP contribution is 2.63. The molecule has 4 heteroatoms. The average Bonchev–Trinajstić information content (AvgIpc) is 3.35. The van der Waals surface area contributed by atoms with Gasteiger partial charge in [0, 0.05) is 11.1 Å². The second-order valence-corrected chi connectivity index (χ2v) is 10.4. The Kier molecular flexibility index (Phi) is 4.55. The average molecular weight is 446 g/mol. The molecule has 1 aliphatic heterocycles. The zero-order chi connectivity index (χ0) is 22.0. The summed E-state index contributed by atoms with van der Waals surface area (Å²) in [4.78, 5) is 12.5. The Balaban J connectivity index is 1.34. The molecule has 0 radical (unpaired) electrons. The van der Waals surface area contributed by atoms with Gasteiger partial charge in [-0.2, -0.15) is 0 Å². The first kappa shape index (κ1) is 20.1. The predicted molar refractivity (Wildman–Crippen MR) is 128 cm³/mol. The lowest BCUT2D eigenvalue weighted by atomic mass is 9.54. The summed E-state index contributed by atoms with van der Waals surface area (Å²) in [5.74, 6) is 2.78. The summed E-state index contributed by atoms with van der Waals surface area (Å²) in [5.41, 5.74) is 6.69. The Morgan fingerprint density at radius 1 is 1.16 bits per heavy atom. The largest absolute Gasteiger partial charge is 0.497 e. The molecule has 4 atom stereocenters. The van der Waals surface area contributed by atoms with E-state index in [0.29, 0.717) is 23.3 Å². The van der Waals surface area contributed by atoms with Crippen LogP contribution in [0.5, 0.6) is 5.75 Å². The molecule has 0 unspecified atom stereocenters. The van der Waals surface area contributed by atoms with Crippen molar-refractivity contribution >= 4 is 23.2 Å². The summed E-state index contributed by atoms with van der Waals surface area (Å²) in [6.45, 7) is 2.40. The van der Waals surface area contributed by atoms with Crippen LogP contribution in [-0.2, 0) is 6.42 Å². The number of fused-ring (bicyclic) bond motifs is 6. The van der Waals surface area contributed by atoms with E-state index in [0.717, 1.165) is 41.3 Å². The summed E-state index contributed by atoms with van der Waals surface area (Å²) < 4.78 is 5.47. The zero-order valence-electron chi connectivity index (χ0n) is 18.6. The molecule has 0 spiro atoms. The van der Waals surface area contributed by atoms with Gasteiger partial charge in [0.1, 0.15) is 5.75 Å². The van der Waals surface area contributed by atoms with Crippen LogP contribution in [0, 0.1) is 17.3 Å². The fourth-order valence-electron chi connectivity index (χ4n) is 7.05. The third-order valence-electron chi connectivity index (χ3n) is 8.65. The van der Waals surface area contributed by atoms with Crippen molar-refractivity contribution in [3.05, 3.63) is 81.4 Å². The SMILES string of the molecule is COc1ccc2c(c1)CC[C@@H]1[C@@H]2CC[C@]2(C)C(/C(Cl)=C3/NC(=O)c4ccccc43)=CC[C@@H]12. The van der Waals surface area contributed by atoms with E-state index in [2.05, 4.69) is 36.5 Å². The summed E-state index contributed by atoms with van der Waals surface area (Å²) in [7, 11) is 1.74. The molecule has 3 aliphatic carbocycles. The molecule has 2 aromatic carbocycles. The Bertz CT molecular complexity index is 1200. The van der Waals surface area contributed by atoms with E-state index >= 15 is 0 Å². The van der Waals surface area contributed by atoms with Gasteiger partial charge >= 0.3 is 0 Å². The van der Waals surface area contributed by atoms with Gasteiger partial charge in [-0.1, -0.05) is 48.9 Å². The summed E-state index contributed by atoms with van der Waals surface area (Å²) >= 11 is 7.07. The molecule has 1 amide bonds. The lowest BCUT2D eigenvalue weighted by Crippen LogP contribution is -2.41. The van der Waals surface area contributed by atoms with Gasteiger partial charge in [0.15, 0.2) is 0 Å². The summed E-state index contributed by atoms with van der Waals surface area (Å²) in [5, 5.41) is 3.77. The number of carbonyl (C=O) groups is 1. The van der Waals surface area contributed by atoms with E-state index in [-0.39, 0.29) is 11.3 Å². The Morgan fingerprint density at radius 2 is 1.97 bits per heavy atom. The first-order valence-electron chi connectivity index (χ1n) is 11.7. The molecule has 32 heavy (non-hydrogen) atoms. The van der Waals surface area contributed by atoms with Crippen LogP contribution < -0.4 is 10.1 Å². The van der Waals surface area contributed by atoms with Gasteiger partial charge in [-0.15, -0.1) is 0 Å². The number of hydrogen-bond acceptors (Lipinski definition) is 2. The molecular formula is C28H28ClNO2. The van der Waals surface area contributed by atoms with Crippen molar-refractivity contribution in [1.29, 1.82) is 0 Å². The zero-order valence-corrected chi connectivity index (χ0v) is 19.3. The number of nitrogens with one attached hydrogen (secondary N) is 1. The van der Waals surface area contributed by atoms with Crippen molar-refractivity contribution in [2.75, 3.05) is 7.11 Å². The molecule has 3 nitrogen and oxygen atoms in total. The van der Waals surface area contributed by atoms with Crippen LogP contribution in [-0.4, -0.2) is 13.0 Å². The topological polar surface area (TPSA) is 38.3 Å². The van der Waals surface area contributed by atoms with Crippen LogP contribution in [0.1, 0.15) is 65.6 Å². The van der Waals surface area contributed by atoms with Crippen molar-refractivity contribution in [2.24, 2.45) is 17.3 Å². The molecule has 1 saturated carbocycles. The van der Waals surface area contributed by atoms with Gasteiger partial charge < -0.3 is 10.1 Å². The van der Waals surface area contributed by atoms with Crippen molar-refractivity contribution in [2.45, 2.75) is 44.9 Å². The molecule has 0 aromatic heterocycles. The van der Waals surface area contributed by atoms with Gasteiger partial charge in [0.05, 0.1) is 17.8 Å². The first-order valence-corrected chi connectivity index (χ1v) is 12.1. The second kappa shape index (κ2) is 7.25. The molecule has 6 rings (SSSR count). The van der Waals surface area contributed by atoms with Crippen molar-refractivity contribution < 1.29 is 9.53 Å². The second-order valence-electron chi connectivity index (χ2n) is 9.98. The van der Waals surface area contributed by atoms with Crippen molar-refractivity contribution in [3.63, 3.8) is 0 Å². The van der Waals surface area contributed by atoms with E-state index < -0.39 is 0 Å². The molecule has 164 valence electrons. The number of amides is 1. The molecule has 0 bridgehead atoms. The number of allylic oxidation sites excluding steroid dienone is 3. The number of hydrogen-bond donors (Lipinski definition) is 1. The number of carbonyl (C=O) groups excluding carboxylic acids is 1. The van der Waals surface area contributed by atoms with Crippen LogP contribution in [0.4, 0.5) is 0 Å². The maximum absolute atomic E-state index is 12.5. The number of ether oxygens (including phenoxy) is 1. The highest BCUT2D eigenvalue weighted by atomic mass is 35.5. The summed E-state index contributed by atoms with van der Waals surface area (Å²) in [6.07, 6.45) is 8.07. The van der Waals surface area contributed by atoms with E-state index in [1.165, 1.54) is 29.5 Å². The van der Waals surface area contributed by atoms with Gasteiger partial charge in [0.2, 0.25) is 0 Å². The van der Waals surface area contributed by atoms with E-state index in [4.69, 9.17) is 16.3 Å². The molecule has 1 N–H and O–H groups in total. The molecule has 2 aromatic rings. The van der Waals surface area contributed by atoms with Gasteiger partial charge in [0.25, 0.3) is 5.91 Å². The molecular weight excluding hydrogens is 418 g/mol. The molecule has 0 saturated heterocycles. The number of benzene rings is 2. The van der Waals surface area contributed by atoms with Crippen molar-refractivity contribution in [3.8, 4) is 5.75 Å². The molecule has 1 heterocycles. The Hall–Kier alpha value is -2.52. The third-order valence-corrected chi connectivity index (χ3v) is 9.04. The minimum atomic E-state index is -0.0583. The minimum absolute atomic E-state index is 0.0531. The van der Waals surface area contributed by atoms with Crippen LogP contribution in [0.25, 0.3) is 5.70 Å². The quantitative estimate of drug-likeness (QED) is 0.577. The Labute approximate surface area is 194 Å². The van der Waals surface area contributed by atoms with E-state index in [1.54, 1.807) is 7.11 Å². The van der Waals surface area contributed by atoms with E-state index in [1.807, 2.05) is 24.3 Å². The predicted octanol–water partition coefficient (Wildman–Crippen LogP) is 6.44. The van der Waals surface area contributed by atoms with Gasteiger partial charge in [-0.25, -0.2) is 0 Å². The van der Waals surface area contributed by atoms with Crippen LogP contribution in [0.2, 0.25) is 0 Å². The number of aryl methyl sites for hydroxylation is 1. The number of halogens is 1.